The summed E-state index contributed by atoms with van der Waals surface area (Å²) in [7, 11) is -4.20. The van der Waals surface area contributed by atoms with E-state index >= 15 is 0 Å². The number of nitrogens with two attached hydrogens (primary N) is 3. The summed E-state index contributed by atoms with van der Waals surface area (Å²) in [6.07, 6.45) is 0. The molecule has 1 unspecified atom stereocenters. The van der Waals surface area contributed by atoms with Crippen LogP contribution >= 0.6 is 11.3 Å². The Morgan fingerprint density at radius 1 is 1.23 bits per heavy atom. The van der Waals surface area contributed by atoms with Gasteiger partial charge in [0.05, 0.1) is 20.7 Å². The van der Waals surface area contributed by atoms with Gasteiger partial charge in [0.25, 0.3) is 0 Å². The van der Waals surface area contributed by atoms with Crippen LogP contribution in [0.25, 0.3) is 32.7 Å². The van der Waals surface area contributed by atoms with Gasteiger partial charge in [0, 0.05) is 17.6 Å². The highest BCUT2D eigenvalue weighted by Gasteiger charge is 2.31. The molecule has 0 amide bonds. The second-order valence-corrected chi connectivity index (χ2v) is 12.0. The lowest BCUT2D eigenvalue weighted by atomic mass is 9.98. The number of tetrazole rings is 1. The average molecular weight is 538 g/mol. The van der Waals surface area contributed by atoms with Crippen LogP contribution in [0.15, 0.2) is 40.1 Å². The lowest BCUT2D eigenvalue weighted by Crippen LogP contribution is -2.45. The second kappa shape index (κ2) is 9.65. The van der Waals surface area contributed by atoms with Crippen molar-refractivity contribution in [3.63, 3.8) is 0 Å². The van der Waals surface area contributed by atoms with Crippen molar-refractivity contribution in [3.05, 3.63) is 30.3 Å². The number of aromatic amines is 1. The van der Waals surface area contributed by atoms with Gasteiger partial charge in [-0.2, -0.15) is 5.21 Å². The quantitative estimate of drug-likeness (QED) is 0.187. The highest BCUT2D eigenvalue weighted by molar-refractivity contribution is 7.90. The highest BCUT2D eigenvalue weighted by Crippen LogP contribution is 2.41. The molecule has 186 valence electrons. The molecule has 16 heteroatoms. The summed E-state index contributed by atoms with van der Waals surface area (Å²) >= 11 is -1.02. The first kappa shape index (κ1) is 25.2. The number of aromatic nitrogens is 5. The van der Waals surface area contributed by atoms with E-state index in [-0.39, 0.29) is 27.7 Å². The van der Waals surface area contributed by atoms with Crippen LogP contribution < -0.4 is 21.9 Å². The van der Waals surface area contributed by atoms with Crippen molar-refractivity contribution in [2.24, 2.45) is 11.5 Å². The molecule has 0 spiro atoms. The first-order valence-electron chi connectivity index (χ1n) is 10.1. The molecule has 2 aromatic carbocycles. The highest BCUT2D eigenvalue weighted by atomic mass is 32.2. The van der Waals surface area contributed by atoms with Gasteiger partial charge >= 0.3 is 0 Å². The van der Waals surface area contributed by atoms with E-state index in [2.05, 4.69) is 30.3 Å². The predicted molar refractivity (Wildman–Crippen MR) is 133 cm³/mol. The molecular formula is C19H23N9O4S3. The summed E-state index contributed by atoms with van der Waals surface area (Å²) in [5.74, 6) is 0.000353. The maximum Gasteiger partial charge on any atom is 0.241 e. The standard InChI is InChI=1S/C19H23N9O4S3/c1-19(2,22)8-23-35(30,31)13-7-6-10(11-4-3-5-12-15(11)24-18(21)33-12)14(17-25-27-28-26-17)16(13)34(29)32-9-20/h3-7,23H,8-9,20,22H2,1-2H3,(H2,21,24)(H,25,26,27,28). The fourth-order valence-electron chi connectivity index (χ4n) is 3.32. The number of hydrogen-bond donors (Lipinski definition) is 5. The predicted octanol–water partition coefficient (Wildman–Crippen LogP) is 0.697. The second-order valence-electron chi connectivity index (χ2n) is 8.09. The van der Waals surface area contributed by atoms with Crippen molar-refractivity contribution in [2.45, 2.75) is 29.2 Å². The Balaban J connectivity index is 2.05. The fourth-order valence-corrected chi connectivity index (χ4v) is 6.76. The van der Waals surface area contributed by atoms with E-state index in [4.69, 9.17) is 21.4 Å². The maximum absolute atomic E-state index is 13.3. The molecule has 0 fully saturated rings. The molecule has 0 saturated carbocycles. The van der Waals surface area contributed by atoms with Crippen molar-refractivity contribution in [1.29, 1.82) is 0 Å². The van der Waals surface area contributed by atoms with Crippen molar-refractivity contribution >= 4 is 47.8 Å². The molecule has 0 radical (unpaired) electrons. The van der Waals surface area contributed by atoms with E-state index in [9.17, 15) is 12.6 Å². The van der Waals surface area contributed by atoms with E-state index in [0.717, 1.165) is 4.70 Å². The van der Waals surface area contributed by atoms with Crippen LogP contribution in [0, 0.1) is 0 Å². The summed E-state index contributed by atoms with van der Waals surface area (Å²) in [6, 6.07) is 8.32. The number of fused-ring (bicyclic) bond motifs is 1. The molecule has 1 atom stereocenters. The smallest absolute Gasteiger partial charge is 0.241 e. The molecule has 0 aliphatic rings. The fraction of sp³-hybridized carbons (Fsp3) is 0.263. The lowest BCUT2D eigenvalue weighted by molar-refractivity contribution is 0.359. The average Bonchev–Trinajstić information content (AvgIpc) is 3.45. The number of thiazole rings is 1. The minimum Gasteiger partial charge on any atom is -0.375 e. The van der Waals surface area contributed by atoms with Crippen LogP contribution in [0.5, 0.6) is 0 Å². The van der Waals surface area contributed by atoms with Crippen molar-refractivity contribution < 1.29 is 16.8 Å². The lowest BCUT2D eigenvalue weighted by Gasteiger charge is -2.21. The zero-order valence-corrected chi connectivity index (χ0v) is 21.1. The minimum absolute atomic E-state index is 0.000353. The Bertz CT molecular complexity index is 1500. The molecule has 4 aromatic rings. The van der Waals surface area contributed by atoms with E-state index < -0.39 is 33.4 Å². The number of sulfonamides is 1. The van der Waals surface area contributed by atoms with Crippen LogP contribution in [0.4, 0.5) is 5.13 Å². The molecule has 2 aromatic heterocycles. The minimum atomic E-state index is -4.20. The monoisotopic (exact) mass is 537 g/mol. The molecule has 13 nitrogen and oxygen atoms in total. The van der Waals surface area contributed by atoms with Crippen LogP contribution in [0.1, 0.15) is 13.8 Å². The van der Waals surface area contributed by atoms with Crippen molar-refractivity contribution in [3.8, 4) is 22.5 Å². The number of anilines is 1. The molecular weight excluding hydrogens is 514 g/mol. The molecule has 0 aliphatic heterocycles. The zero-order chi connectivity index (χ0) is 25.4. The Morgan fingerprint density at radius 2 is 2.00 bits per heavy atom. The van der Waals surface area contributed by atoms with Crippen LogP contribution in [-0.2, 0) is 25.3 Å². The normalized spacial score (nSPS) is 13.4. The molecule has 2 heterocycles. The molecule has 0 aliphatic carbocycles. The van der Waals surface area contributed by atoms with Gasteiger partial charge in [0.2, 0.25) is 15.8 Å². The van der Waals surface area contributed by atoms with Gasteiger partial charge in [-0.3, -0.25) is 4.18 Å². The Kier molecular flexibility index (Phi) is 6.96. The zero-order valence-electron chi connectivity index (χ0n) is 18.7. The van der Waals surface area contributed by atoms with Gasteiger partial charge in [0.1, 0.15) is 11.6 Å². The summed E-state index contributed by atoms with van der Waals surface area (Å²) in [5.41, 5.74) is 18.3. The molecule has 0 bridgehead atoms. The topological polar surface area (TPSA) is 218 Å². The number of nitrogens with one attached hydrogen (secondary N) is 2. The number of nitrogens with zero attached hydrogens (tertiary/aromatic N) is 4. The van der Waals surface area contributed by atoms with Gasteiger partial charge in [-0.25, -0.2) is 22.3 Å². The third-order valence-electron chi connectivity index (χ3n) is 4.77. The van der Waals surface area contributed by atoms with E-state index in [0.29, 0.717) is 21.8 Å². The summed E-state index contributed by atoms with van der Waals surface area (Å²) < 4.78 is 48.3. The largest absolute Gasteiger partial charge is 0.375 e. The van der Waals surface area contributed by atoms with Crippen LogP contribution in [0.3, 0.4) is 0 Å². The SMILES string of the molecule is CC(C)(N)CNS(=O)(=O)c1ccc(-c2cccc3sc(N)nc23)c(-c2nn[nH]n2)c1S(=O)OCN. The van der Waals surface area contributed by atoms with Gasteiger partial charge in [-0.15, -0.1) is 10.2 Å². The van der Waals surface area contributed by atoms with Crippen molar-refractivity contribution in [2.75, 3.05) is 19.0 Å². The van der Waals surface area contributed by atoms with Crippen molar-refractivity contribution in [1.82, 2.24) is 30.3 Å². The summed E-state index contributed by atoms with van der Waals surface area (Å²) in [5, 5.41) is 14.3. The first-order valence-corrected chi connectivity index (χ1v) is 13.5. The number of hydrogen-bond acceptors (Lipinski definition) is 12. The number of para-hydroxylation sites is 1. The summed E-state index contributed by atoms with van der Waals surface area (Å²) in [6.45, 7) is 2.83. The number of nitrogen functional groups attached to an aromatic ring is 1. The van der Waals surface area contributed by atoms with E-state index in [1.165, 1.54) is 17.4 Å². The molecule has 0 saturated heterocycles. The van der Waals surface area contributed by atoms with Gasteiger partial charge in [-0.05, 0) is 36.8 Å². The molecule has 35 heavy (non-hydrogen) atoms. The van der Waals surface area contributed by atoms with Crippen LogP contribution in [0.2, 0.25) is 0 Å². The third kappa shape index (κ3) is 5.22. The molecule has 4 rings (SSSR count). The molecule has 8 N–H and O–H groups in total. The van der Waals surface area contributed by atoms with Gasteiger partial charge in [0.15, 0.2) is 16.2 Å². The maximum atomic E-state index is 13.3. The number of rotatable bonds is 9. The first-order chi connectivity index (χ1) is 16.5. The Hall–Kier alpha value is -2.86. The van der Waals surface area contributed by atoms with E-state index in [1.807, 2.05) is 6.07 Å². The Morgan fingerprint density at radius 3 is 2.66 bits per heavy atom. The number of H-pyrrole nitrogens is 1. The van der Waals surface area contributed by atoms with Gasteiger partial charge < -0.3 is 17.2 Å². The van der Waals surface area contributed by atoms with Gasteiger partial charge in [-0.1, -0.05) is 29.5 Å². The summed E-state index contributed by atoms with van der Waals surface area (Å²) in [4.78, 5) is 3.91. The van der Waals surface area contributed by atoms with E-state index in [1.54, 1.807) is 32.0 Å². The Labute approximate surface area is 207 Å². The third-order valence-corrected chi connectivity index (χ3v) is 8.30. The number of benzene rings is 2. The van der Waals surface area contributed by atoms with Crippen LogP contribution in [-0.4, -0.2) is 57.0 Å².